The van der Waals surface area contributed by atoms with Gasteiger partial charge in [0.2, 0.25) is 5.91 Å². The highest BCUT2D eigenvalue weighted by Crippen LogP contribution is 2.33. The van der Waals surface area contributed by atoms with Crippen molar-refractivity contribution in [3.05, 3.63) is 48.0 Å². The van der Waals surface area contributed by atoms with Crippen LogP contribution in [0.5, 0.6) is 17.2 Å². The third-order valence-corrected chi connectivity index (χ3v) is 5.06. The van der Waals surface area contributed by atoms with Crippen LogP contribution in [0.3, 0.4) is 0 Å². The van der Waals surface area contributed by atoms with Crippen molar-refractivity contribution in [2.24, 2.45) is 0 Å². The predicted octanol–water partition coefficient (Wildman–Crippen LogP) is 2.46. The van der Waals surface area contributed by atoms with E-state index in [9.17, 15) is 23.2 Å². The Balaban J connectivity index is 1.44. The SMILES string of the molecule is C[C@]1(c2ccc(OC(F)F)cc2)NC(=O)N(CC(=O)Nc2ccc3c(c2)OCCO3)C1=O. The Morgan fingerprint density at radius 3 is 2.53 bits per heavy atom. The summed E-state index contributed by atoms with van der Waals surface area (Å²) in [6, 6.07) is 9.44. The maximum atomic E-state index is 13.0. The molecule has 1 fully saturated rings. The molecule has 2 aliphatic rings. The van der Waals surface area contributed by atoms with Crippen LogP contribution in [-0.2, 0) is 15.1 Å². The van der Waals surface area contributed by atoms with Gasteiger partial charge in [0, 0.05) is 11.8 Å². The minimum atomic E-state index is -2.98. The molecule has 2 aromatic carbocycles. The fourth-order valence-electron chi connectivity index (χ4n) is 3.47. The normalized spacial score (nSPS) is 19.7. The molecule has 2 aliphatic heterocycles. The number of halogens is 2. The first-order valence-electron chi connectivity index (χ1n) is 9.65. The van der Waals surface area contributed by atoms with Crippen LogP contribution >= 0.6 is 0 Å². The zero-order valence-electron chi connectivity index (χ0n) is 16.9. The fraction of sp³-hybridized carbons (Fsp3) is 0.286. The molecule has 1 saturated heterocycles. The van der Waals surface area contributed by atoms with Gasteiger partial charge in [-0.1, -0.05) is 12.1 Å². The highest BCUT2D eigenvalue weighted by atomic mass is 19.3. The van der Waals surface area contributed by atoms with E-state index in [1.807, 2.05) is 0 Å². The zero-order chi connectivity index (χ0) is 22.9. The number of urea groups is 1. The number of anilines is 1. The van der Waals surface area contributed by atoms with E-state index in [2.05, 4.69) is 15.4 Å². The molecule has 0 saturated carbocycles. The van der Waals surface area contributed by atoms with Gasteiger partial charge in [0.25, 0.3) is 5.91 Å². The molecule has 32 heavy (non-hydrogen) atoms. The molecule has 0 aromatic heterocycles. The number of benzene rings is 2. The molecule has 0 spiro atoms. The number of imide groups is 1. The third-order valence-electron chi connectivity index (χ3n) is 5.06. The first-order chi connectivity index (χ1) is 15.3. The van der Waals surface area contributed by atoms with Crippen LogP contribution in [0, 0.1) is 0 Å². The summed E-state index contributed by atoms with van der Waals surface area (Å²) in [4.78, 5) is 38.6. The number of fused-ring (bicyclic) bond motifs is 1. The summed E-state index contributed by atoms with van der Waals surface area (Å²) >= 11 is 0. The standard InChI is InChI=1S/C21H19F2N3O6/c1-21(12-2-5-14(6-3-12)32-19(22)23)18(28)26(20(29)25-21)11-17(27)24-13-4-7-15-16(10-13)31-9-8-30-15/h2-7,10,19H,8-9,11H2,1H3,(H,24,27)(H,25,29)/t21-/m1/s1. The van der Waals surface area contributed by atoms with Crippen molar-refractivity contribution < 1.29 is 37.4 Å². The van der Waals surface area contributed by atoms with E-state index in [-0.39, 0.29) is 5.75 Å². The van der Waals surface area contributed by atoms with Crippen molar-refractivity contribution in [3.63, 3.8) is 0 Å². The Morgan fingerprint density at radius 1 is 1.16 bits per heavy atom. The second kappa shape index (κ2) is 8.33. The molecule has 0 bridgehead atoms. The molecule has 0 unspecified atom stereocenters. The Bertz CT molecular complexity index is 1060. The van der Waals surface area contributed by atoms with E-state index < -0.39 is 36.5 Å². The minimum Gasteiger partial charge on any atom is -0.486 e. The number of rotatable bonds is 6. The van der Waals surface area contributed by atoms with E-state index in [1.54, 1.807) is 18.2 Å². The Hall–Kier alpha value is -3.89. The van der Waals surface area contributed by atoms with E-state index in [1.165, 1.54) is 31.2 Å². The number of ether oxygens (including phenoxy) is 3. The number of hydrogen-bond acceptors (Lipinski definition) is 6. The molecular weight excluding hydrogens is 428 g/mol. The van der Waals surface area contributed by atoms with E-state index in [4.69, 9.17) is 9.47 Å². The van der Waals surface area contributed by atoms with Crippen LogP contribution in [-0.4, -0.2) is 49.1 Å². The van der Waals surface area contributed by atoms with Gasteiger partial charge in [-0.25, -0.2) is 4.79 Å². The summed E-state index contributed by atoms with van der Waals surface area (Å²) in [6.45, 7) is -1.20. The summed E-state index contributed by atoms with van der Waals surface area (Å²) in [6.07, 6.45) is 0. The van der Waals surface area contributed by atoms with Crippen molar-refractivity contribution >= 4 is 23.5 Å². The number of carbonyl (C=O) groups is 3. The van der Waals surface area contributed by atoms with Gasteiger partial charge in [-0.3, -0.25) is 14.5 Å². The number of amides is 4. The maximum Gasteiger partial charge on any atom is 0.387 e. The van der Waals surface area contributed by atoms with E-state index >= 15 is 0 Å². The lowest BCUT2D eigenvalue weighted by Gasteiger charge is -2.22. The molecule has 2 N–H and O–H groups in total. The summed E-state index contributed by atoms with van der Waals surface area (Å²) in [5, 5.41) is 5.17. The van der Waals surface area contributed by atoms with E-state index in [0.29, 0.717) is 36.0 Å². The number of nitrogens with one attached hydrogen (secondary N) is 2. The average molecular weight is 447 g/mol. The lowest BCUT2D eigenvalue weighted by Crippen LogP contribution is -2.42. The third kappa shape index (κ3) is 4.13. The first kappa shape index (κ1) is 21.3. The number of nitrogens with zero attached hydrogens (tertiary/aromatic N) is 1. The monoisotopic (exact) mass is 447 g/mol. The van der Waals surface area contributed by atoms with Gasteiger partial charge in [0.05, 0.1) is 0 Å². The molecule has 0 radical (unpaired) electrons. The Morgan fingerprint density at radius 2 is 1.84 bits per heavy atom. The lowest BCUT2D eigenvalue weighted by molar-refractivity contribution is -0.133. The first-order valence-corrected chi connectivity index (χ1v) is 9.65. The van der Waals surface area contributed by atoms with Crippen LogP contribution < -0.4 is 24.8 Å². The van der Waals surface area contributed by atoms with Gasteiger partial charge in [-0.2, -0.15) is 8.78 Å². The summed E-state index contributed by atoms with van der Waals surface area (Å²) in [5.74, 6) is -0.280. The van der Waals surface area contributed by atoms with Crippen molar-refractivity contribution in [1.82, 2.24) is 10.2 Å². The van der Waals surface area contributed by atoms with Crippen molar-refractivity contribution in [3.8, 4) is 17.2 Å². The second-order valence-corrected chi connectivity index (χ2v) is 7.26. The largest absolute Gasteiger partial charge is 0.486 e. The van der Waals surface area contributed by atoms with Crippen LogP contribution in [0.1, 0.15) is 12.5 Å². The highest BCUT2D eigenvalue weighted by molar-refractivity contribution is 6.10. The summed E-state index contributed by atoms with van der Waals surface area (Å²) < 4.78 is 39.8. The molecular formula is C21H19F2N3O6. The molecule has 0 aliphatic carbocycles. The van der Waals surface area contributed by atoms with Gasteiger partial charge in [-0.15, -0.1) is 0 Å². The molecule has 1 atom stereocenters. The molecule has 2 aromatic rings. The summed E-state index contributed by atoms with van der Waals surface area (Å²) in [7, 11) is 0. The van der Waals surface area contributed by atoms with Gasteiger partial charge < -0.3 is 24.8 Å². The molecule has 168 valence electrons. The molecule has 11 heteroatoms. The van der Waals surface area contributed by atoms with Gasteiger partial charge in [0.15, 0.2) is 11.5 Å². The lowest BCUT2D eigenvalue weighted by atomic mass is 9.92. The zero-order valence-corrected chi connectivity index (χ0v) is 16.9. The highest BCUT2D eigenvalue weighted by Gasteiger charge is 2.49. The summed E-state index contributed by atoms with van der Waals surface area (Å²) in [5.41, 5.74) is -0.687. The average Bonchev–Trinajstić information content (AvgIpc) is 2.97. The minimum absolute atomic E-state index is 0.0835. The van der Waals surface area contributed by atoms with E-state index in [0.717, 1.165) is 4.90 Å². The number of hydrogen-bond donors (Lipinski definition) is 2. The fourth-order valence-corrected chi connectivity index (χ4v) is 3.47. The molecule has 4 amide bonds. The smallest absolute Gasteiger partial charge is 0.387 e. The second-order valence-electron chi connectivity index (χ2n) is 7.26. The van der Waals surface area contributed by atoms with Crippen LogP contribution in [0.15, 0.2) is 42.5 Å². The quantitative estimate of drug-likeness (QED) is 0.659. The van der Waals surface area contributed by atoms with Crippen LogP contribution in [0.25, 0.3) is 0 Å². The van der Waals surface area contributed by atoms with Crippen molar-refractivity contribution in [2.75, 3.05) is 25.1 Å². The van der Waals surface area contributed by atoms with Crippen molar-refractivity contribution in [1.29, 1.82) is 0 Å². The topological polar surface area (TPSA) is 106 Å². The molecule has 9 nitrogen and oxygen atoms in total. The maximum absolute atomic E-state index is 13.0. The molecule has 4 rings (SSSR count). The Kier molecular flexibility index (Phi) is 5.56. The van der Waals surface area contributed by atoms with Crippen LogP contribution in [0.4, 0.5) is 19.3 Å². The van der Waals surface area contributed by atoms with Crippen molar-refractivity contribution in [2.45, 2.75) is 19.1 Å². The Labute approximate surface area is 181 Å². The van der Waals surface area contributed by atoms with Gasteiger partial charge >= 0.3 is 12.6 Å². The predicted molar refractivity (Wildman–Crippen MR) is 107 cm³/mol. The molecule has 2 heterocycles. The van der Waals surface area contributed by atoms with Gasteiger partial charge in [-0.05, 0) is 36.8 Å². The van der Waals surface area contributed by atoms with Gasteiger partial charge in [0.1, 0.15) is 31.0 Å². The van der Waals surface area contributed by atoms with Crippen LogP contribution in [0.2, 0.25) is 0 Å². The number of alkyl halides is 2. The number of carbonyl (C=O) groups excluding carboxylic acids is 3.